The van der Waals surface area contributed by atoms with Crippen molar-refractivity contribution < 1.29 is 23.8 Å². The van der Waals surface area contributed by atoms with Crippen molar-refractivity contribution in [2.45, 2.75) is 64.2 Å². The van der Waals surface area contributed by atoms with Crippen molar-refractivity contribution in [1.29, 1.82) is 0 Å². The fraction of sp³-hybridized carbons (Fsp3) is 0.483. The lowest BCUT2D eigenvalue weighted by Crippen LogP contribution is -2.14. The summed E-state index contributed by atoms with van der Waals surface area (Å²) < 4.78 is 25.5. The van der Waals surface area contributed by atoms with Crippen molar-refractivity contribution in [2.75, 3.05) is 19.8 Å². The fourth-order valence-corrected chi connectivity index (χ4v) is 4.68. The van der Waals surface area contributed by atoms with E-state index in [-0.39, 0.29) is 24.6 Å². The Morgan fingerprint density at radius 3 is 2.44 bits per heavy atom. The van der Waals surface area contributed by atoms with Gasteiger partial charge >= 0.3 is 5.97 Å². The van der Waals surface area contributed by atoms with E-state index in [1.54, 1.807) is 18.2 Å². The zero-order chi connectivity index (χ0) is 24.3. The van der Waals surface area contributed by atoms with E-state index in [4.69, 9.17) is 14.6 Å². The monoisotopic (exact) mass is 468 g/mol. The van der Waals surface area contributed by atoms with Crippen molar-refractivity contribution in [2.24, 2.45) is 5.92 Å². The molecule has 2 aromatic rings. The second kappa shape index (κ2) is 13.3. The number of unbranched alkanes of at least 4 members (excludes halogenated alkanes) is 2. The molecule has 0 atom stereocenters. The van der Waals surface area contributed by atoms with E-state index in [2.05, 4.69) is 19.6 Å². The Kier molecular flexibility index (Phi) is 10.1. The van der Waals surface area contributed by atoms with Crippen LogP contribution >= 0.6 is 0 Å². The lowest BCUT2D eigenvalue weighted by Gasteiger charge is -2.29. The van der Waals surface area contributed by atoms with E-state index in [0.717, 1.165) is 29.9 Å². The standard InChI is InChI=1S/C29H37FO4/c1-3-4-5-6-22-7-9-23(10-8-22)25-13-16-27(28(30)19-25)24-11-14-26(15-12-24)33-17-18-34-29(32)21(2)20-31/h11-16,19,22-23,31H,2-10,17-18,20H2,1H3. The Morgan fingerprint density at radius 1 is 1.06 bits per heavy atom. The van der Waals surface area contributed by atoms with Crippen LogP contribution < -0.4 is 4.74 Å². The number of aliphatic hydroxyl groups excluding tert-OH is 1. The lowest BCUT2D eigenvalue weighted by atomic mass is 9.77. The van der Waals surface area contributed by atoms with Gasteiger partial charge in [-0.2, -0.15) is 0 Å². The predicted molar refractivity (Wildman–Crippen MR) is 133 cm³/mol. The number of hydrogen-bond donors (Lipinski definition) is 1. The van der Waals surface area contributed by atoms with Crippen LogP contribution in [0.15, 0.2) is 54.6 Å². The van der Waals surface area contributed by atoms with Gasteiger partial charge in [0.2, 0.25) is 0 Å². The van der Waals surface area contributed by atoms with Crippen molar-refractivity contribution >= 4 is 5.97 Å². The molecule has 4 nitrogen and oxygen atoms in total. The molecule has 2 aromatic carbocycles. The van der Waals surface area contributed by atoms with Gasteiger partial charge < -0.3 is 14.6 Å². The minimum absolute atomic E-state index is 0.00693. The first kappa shape index (κ1) is 26.0. The number of carbonyl (C=O) groups excluding carboxylic acids is 1. The van der Waals surface area contributed by atoms with Crippen LogP contribution in [-0.4, -0.2) is 30.9 Å². The molecule has 5 heteroatoms. The summed E-state index contributed by atoms with van der Waals surface area (Å²) in [6.45, 7) is 5.45. The van der Waals surface area contributed by atoms with Crippen LogP contribution in [0.25, 0.3) is 11.1 Å². The highest BCUT2D eigenvalue weighted by atomic mass is 19.1. The van der Waals surface area contributed by atoms with Gasteiger partial charge in [0.25, 0.3) is 0 Å². The maximum atomic E-state index is 15.0. The number of aliphatic hydroxyl groups is 1. The van der Waals surface area contributed by atoms with Gasteiger partial charge in [-0.1, -0.05) is 63.5 Å². The number of carbonyl (C=O) groups is 1. The molecule has 1 fully saturated rings. The zero-order valence-corrected chi connectivity index (χ0v) is 20.2. The minimum atomic E-state index is -0.639. The molecule has 0 spiro atoms. The van der Waals surface area contributed by atoms with Gasteiger partial charge in [0.15, 0.2) is 0 Å². The first-order valence-electron chi connectivity index (χ1n) is 12.5. The average Bonchev–Trinajstić information content (AvgIpc) is 2.87. The van der Waals surface area contributed by atoms with Crippen LogP contribution in [-0.2, 0) is 9.53 Å². The number of hydrogen-bond acceptors (Lipinski definition) is 4. The summed E-state index contributed by atoms with van der Waals surface area (Å²) in [6.07, 6.45) is 10.1. The molecule has 34 heavy (non-hydrogen) atoms. The average molecular weight is 469 g/mol. The van der Waals surface area contributed by atoms with Gasteiger partial charge in [-0.3, -0.25) is 0 Å². The van der Waals surface area contributed by atoms with Crippen molar-refractivity contribution in [1.82, 2.24) is 0 Å². The van der Waals surface area contributed by atoms with E-state index in [1.807, 2.05) is 18.2 Å². The Bertz CT molecular complexity index is 930. The van der Waals surface area contributed by atoms with Crippen molar-refractivity contribution in [3.63, 3.8) is 0 Å². The number of ether oxygens (including phenoxy) is 2. The predicted octanol–water partition coefficient (Wildman–Crippen LogP) is 6.82. The van der Waals surface area contributed by atoms with Crippen molar-refractivity contribution in [3.05, 3.63) is 66.0 Å². The molecule has 3 rings (SSSR count). The molecule has 1 N–H and O–H groups in total. The van der Waals surface area contributed by atoms with E-state index in [1.165, 1.54) is 38.5 Å². The third-order valence-electron chi connectivity index (χ3n) is 6.76. The summed E-state index contributed by atoms with van der Waals surface area (Å²) in [5.41, 5.74) is 2.50. The number of esters is 1. The van der Waals surface area contributed by atoms with Gasteiger partial charge in [0.1, 0.15) is 24.8 Å². The highest BCUT2D eigenvalue weighted by Gasteiger charge is 2.23. The Balaban J connectivity index is 1.50. The molecule has 0 heterocycles. The lowest BCUT2D eigenvalue weighted by molar-refractivity contribution is -0.140. The van der Waals surface area contributed by atoms with E-state index < -0.39 is 12.6 Å². The SMILES string of the molecule is C=C(CO)C(=O)OCCOc1ccc(-c2ccc(C3CCC(CCCCC)CC3)cc2F)cc1. The summed E-state index contributed by atoms with van der Waals surface area (Å²) in [5, 5.41) is 8.84. The number of rotatable bonds is 12. The molecule has 0 aromatic heterocycles. The molecular formula is C29H37FO4. The van der Waals surface area contributed by atoms with Crippen LogP contribution in [0.4, 0.5) is 4.39 Å². The maximum absolute atomic E-state index is 15.0. The summed E-state index contributed by atoms with van der Waals surface area (Å²) in [7, 11) is 0. The quantitative estimate of drug-likeness (QED) is 0.211. The first-order chi connectivity index (χ1) is 16.5. The maximum Gasteiger partial charge on any atom is 0.335 e. The van der Waals surface area contributed by atoms with Crippen LogP contribution in [0, 0.1) is 11.7 Å². The second-order valence-electron chi connectivity index (χ2n) is 9.22. The zero-order valence-electron chi connectivity index (χ0n) is 20.2. The molecule has 1 aliphatic rings. The first-order valence-corrected chi connectivity index (χ1v) is 12.5. The molecule has 0 aliphatic heterocycles. The largest absolute Gasteiger partial charge is 0.490 e. The van der Waals surface area contributed by atoms with Crippen LogP contribution in [0.1, 0.15) is 69.8 Å². The molecule has 0 saturated heterocycles. The van der Waals surface area contributed by atoms with Gasteiger partial charge in [-0.25, -0.2) is 9.18 Å². The second-order valence-corrected chi connectivity index (χ2v) is 9.22. The molecular weight excluding hydrogens is 431 g/mol. The highest BCUT2D eigenvalue weighted by molar-refractivity contribution is 5.87. The Labute approximate surface area is 202 Å². The molecule has 1 aliphatic carbocycles. The van der Waals surface area contributed by atoms with Gasteiger partial charge in [-0.15, -0.1) is 0 Å². The summed E-state index contributed by atoms with van der Waals surface area (Å²) in [6, 6.07) is 12.9. The Morgan fingerprint density at radius 2 is 1.79 bits per heavy atom. The fourth-order valence-electron chi connectivity index (χ4n) is 4.68. The third-order valence-corrected chi connectivity index (χ3v) is 6.76. The topological polar surface area (TPSA) is 55.8 Å². The van der Waals surface area contributed by atoms with Crippen LogP contribution in [0.2, 0.25) is 0 Å². The smallest absolute Gasteiger partial charge is 0.335 e. The van der Waals surface area contributed by atoms with Crippen LogP contribution in [0.3, 0.4) is 0 Å². The Hall–Kier alpha value is -2.66. The van der Waals surface area contributed by atoms with E-state index >= 15 is 0 Å². The number of benzene rings is 2. The summed E-state index contributed by atoms with van der Waals surface area (Å²) in [4.78, 5) is 11.4. The van der Waals surface area contributed by atoms with E-state index in [9.17, 15) is 9.18 Å². The molecule has 0 radical (unpaired) electrons. The molecule has 0 bridgehead atoms. The van der Waals surface area contributed by atoms with Gasteiger partial charge in [0.05, 0.1) is 12.2 Å². The van der Waals surface area contributed by atoms with Crippen LogP contribution in [0.5, 0.6) is 5.75 Å². The number of halogens is 1. The van der Waals surface area contributed by atoms with Crippen molar-refractivity contribution in [3.8, 4) is 16.9 Å². The minimum Gasteiger partial charge on any atom is -0.490 e. The van der Waals surface area contributed by atoms with E-state index in [0.29, 0.717) is 17.2 Å². The van der Waals surface area contributed by atoms with Gasteiger partial charge in [0, 0.05) is 5.56 Å². The third kappa shape index (κ3) is 7.42. The van der Waals surface area contributed by atoms with Gasteiger partial charge in [-0.05, 0) is 66.8 Å². The normalized spacial score (nSPS) is 17.9. The molecule has 1 saturated carbocycles. The highest BCUT2D eigenvalue weighted by Crippen LogP contribution is 2.39. The molecule has 184 valence electrons. The molecule has 0 unspecified atom stereocenters. The summed E-state index contributed by atoms with van der Waals surface area (Å²) in [5.74, 6) is 1.09. The molecule has 0 amide bonds. The summed E-state index contributed by atoms with van der Waals surface area (Å²) >= 11 is 0.